The van der Waals surface area contributed by atoms with Crippen molar-refractivity contribution in [3.8, 4) is 11.8 Å². The van der Waals surface area contributed by atoms with Gasteiger partial charge in [-0.05, 0) is 68.1 Å². The maximum Gasteiger partial charge on any atom is 0.458 e. The normalized spacial score (nSPS) is 21.2. The Bertz CT molecular complexity index is 645. The molecule has 0 nitrogen and oxygen atoms in total. The molecule has 0 bridgehead atoms. The van der Waals surface area contributed by atoms with Crippen molar-refractivity contribution < 1.29 is 22.0 Å². The standard InChI is InChI=1S/C20H21F5/c1-2-3-4-5-14-6-8-15(9-7-14)16-12-18(21)17(19(22)13-16)10-11-20(23,24)25/h3-4,12-15H,2,5-9H2,1H3. The van der Waals surface area contributed by atoms with Crippen LogP contribution in [0, 0.1) is 29.4 Å². The summed E-state index contributed by atoms with van der Waals surface area (Å²) in [5.74, 6) is 1.04. The van der Waals surface area contributed by atoms with Crippen molar-refractivity contribution in [2.24, 2.45) is 5.92 Å². The van der Waals surface area contributed by atoms with Gasteiger partial charge in [-0.3, -0.25) is 0 Å². The second kappa shape index (κ2) is 8.51. The lowest BCUT2D eigenvalue weighted by atomic mass is 9.77. The third-order valence-electron chi connectivity index (χ3n) is 4.58. The second-order valence-electron chi connectivity index (χ2n) is 6.44. The highest BCUT2D eigenvalue weighted by Crippen LogP contribution is 2.38. The maximum atomic E-state index is 14.0. The van der Waals surface area contributed by atoms with Gasteiger partial charge in [0.15, 0.2) is 0 Å². The number of hydrogen-bond acceptors (Lipinski definition) is 0. The first kappa shape index (κ1) is 19.5. The highest BCUT2D eigenvalue weighted by molar-refractivity contribution is 5.40. The van der Waals surface area contributed by atoms with Gasteiger partial charge < -0.3 is 0 Å². The van der Waals surface area contributed by atoms with Crippen molar-refractivity contribution in [1.29, 1.82) is 0 Å². The Kier molecular flexibility index (Phi) is 6.64. The van der Waals surface area contributed by atoms with Crippen LogP contribution in [0.25, 0.3) is 0 Å². The van der Waals surface area contributed by atoms with Gasteiger partial charge in [0, 0.05) is 5.92 Å². The van der Waals surface area contributed by atoms with Gasteiger partial charge in [-0.1, -0.05) is 25.0 Å². The van der Waals surface area contributed by atoms with Crippen molar-refractivity contribution in [3.63, 3.8) is 0 Å². The molecule has 0 aromatic heterocycles. The molecule has 0 saturated heterocycles. The lowest BCUT2D eigenvalue weighted by molar-refractivity contribution is -0.0696. The third-order valence-corrected chi connectivity index (χ3v) is 4.58. The quantitative estimate of drug-likeness (QED) is 0.328. The van der Waals surface area contributed by atoms with Crippen LogP contribution in [0.2, 0.25) is 0 Å². The van der Waals surface area contributed by atoms with Crippen LogP contribution in [0.4, 0.5) is 22.0 Å². The van der Waals surface area contributed by atoms with Gasteiger partial charge in [-0.15, -0.1) is 0 Å². The fraction of sp³-hybridized carbons (Fsp3) is 0.500. The van der Waals surface area contributed by atoms with E-state index in [4.69, 9.17) is 0 Å². The van der Waals surface area contributed by atoms with Gasteiger partial charge >= 0.3 is 6.18 Å². The van der Waals surface area contributed by atoms with Crippen molar-refractivity contribution in [2.45, 2.75) is 57.5 Å². The molecule has 1 saturated carbocycles. The average Bonchev–Trinajstić information content (AvgIpc) is 2.54. The van der Waals surface area contributed by atoms with Gasteiger partial charge in [0.05, 0.1) is 5.56 Å². The number of allylic oxidation sites excluding steroid dienone is 2. The van der Waals surface area contributed by atoms with Crippen LogP contribution in [-0.4, -0.2) is 6.18 Å². The Hall–Kier alpha value is -1.83. The smallest absolute Gasteiger partial charge is 0.206 e. The summed E-state index contributed by atoms with van der Waals surface area (Å²) in [5.41, 5.74) is -0.311. The topological polar surface area (TPSA) is 0 Å². The zero-order valence-corrected chi connectivity index (χ0v) is 14.1. The molecule has 0 aliphatic heterocycles. The van der Waals surface area contributed by atoms with E-state index in [1.54, 1.807) is 5.92 Å². The van der Waals surface area contributed by atoms with Gasteiger partial charge in [0.25, 0.3) is 0 Å². The number of rotatable bonds is 4. The molecule has 136 valence electrons. The Morgan fingerprint density at radius 3 is 2.16 bits per heavy atom. The van der Waals surface area contributed by atoms with E-state index in [0.717, 1.165) is 56.6 Å². The summed E-state index contributed by atoms with van der Waals surface area (Å²) in [7, 11) is 0. The molecule has 2 rings (SSSR count). The van der Waals surface area contributed by atoms with E-state index in [1.807, 2.05) is 0 Å². The van der Waals surface area contributed by atoms with Crippen LogP contribution < -0.4 is 0 Å². The van der Waals surface area contributed by atoms with E-state index in [1.165, 1.54) is 0 Å². The minimum atomic E-state index is -4.78. The minimum Gasteiger partial charge on any atom is -0.206 e. The van der Waals surface area contributed by atoms with Gasteiger partial charge in [0.2, 0.25) is 0 Å². The van der Waals surface area contributed by atoms with E-state index in [9.17, 15) is 22.0 Å². The van der Waals surface area contributed by atoms with E-state index in [-0.39, 0.29) is 5.92 Å². The van der Waals surface area contributed by atoms with Crippen molar-refractivity contribution in [1.82, 2.24) is 0 Å². The Labute approximate surface area is 145 Å². The summed E-state index contributed by atoms with van der Waals surface area (Å²) in [6.45, 7) is 2.08. The summed E-state index contributed by atoms with van der Waals surface area (Å²) >= 11 is 0. The van der Waals surface area contributed by atoms with Crippen molar-refractivity contribution in [3.05, 3.63) is 47.0 Å². The molecular formula is C20H21F5. The molecule has 0 amide bonds. The predicted octanol–water partition coefficient (Wildman–Crippen LogP) is 6.51. The van der Waals surface area contributed by atoms with Crippen LogP contribution in [0.15, 0.2) is 24.3 Å². The molecule has 0 unspecified atom stereocenters. The van der Waals surface area contributed by atoms with E-state index in [2.05, 4.69) is 19.1 Å². The number of alkyl halides is 3. The molecule has 1 aliphatic rings. The summed E-state index contributed by atoms with van der Waals surface area (Å²) in [6.07, 6.45) is 5.20. The van der Waals surface area contributed by atoms with Crippen LogP contribution in [0.5, 0.6) is 0 Å². The molecule has 0 radical (unpaired) electrons. The van der Waals surface area contributed by atoms with Crippen molar-refractivity contribution >= 4 is 0 Å². The van der Waals surface area contributed by atoms with Crippen LogP contribution >= 0.6 is 0 Å². The molecule has 0 atom stereocenters. The SMILES string of the molecule is CCC=CCC1CCC(c2cc(F)c(C#CC(F)(F)F)c(F)c2)CC1. The average molecular weight is 356 g/mol. The summed E-state index contributed by atoms with van der Waals surface area (Å²) < 4.78 is 64.3. The molecule has 25 heavy (non-hydrogen) atoms. The van der Waals surface area contributed by atoms with Crippen LogP contribution in [-0.2, 0) is 0 Å². The van der Waals surface area contributed by atoms with Gasteiger partial charge in [-0.25, -0.2) is 8.78 Å². The predicted molar refractivity (Wildman–Crippen MR) is 88.0 cm³/mol. The maximum absolute atomic E-state index is 14.0. The van der Waals surface area contributed by atoms with Gasteiger partial charge in [-0.2, -0.15) is 13.2 Å². The van der Waals surface area contributed by atoms with Crippen molar-refractivity contribution in [2.75, 3.05) is 0 Å². The second-order valence-corrected chi connectivity index (χ2v) is 6.44. The minimum absolute atomic E-state index is 0.0417. The monoisotopic (exact) mass is 356 g/mol. The first-order valence-corrected chi connectivity index (χ1v) is 8.54. The third kappa shape index (κ3) is 5.88. The molecule has 1 aliphatic carbocycles. The first-order valence-electron chi connectivity index (χ1n) is 8.54. The molecule has 0 N–H and O–H groups in total. The first-order chi connectivity index (χ1) is 11.8. The van der Waals surface area contributed by atoms with Gasteiger partial charge in [0.1, 0.15) is 11.6 Å². The van der Waals surface area contributed by atoms with Crippen LogP contribution in [0.3, 0.4) is 0 Å². The highest BCUT2D eigenvalue weighted by Gasteiger charge is 2.25. The Morgan fingerprint density at radius 1 is 1.04 bits per heavy atom. The number of benzene rings is 1. The molecular weight excluding hydrogens is 335 g/mol. The van der Waals surface area contributed by atoms with E-state index < -0.39 is 23.4 Å². The summed E-state index contributed by atoms with van der Waals surface area (Å²) in [4.78, 5) is 0. The fourth-order valence-electron chi connectivity index (χ4n) is 3.27. The van der Waals surface area contributed by atoms with Crippen LogP contribution in [0.1, 0.15) is 62.5 Å². The number of halogens is 5. The largest absolute Gasteiger partial charge is 0.458 e. The molecule has 1 aromatic rings. The molecule has 1 fully saturated rings. The zero-order valence-electron chi connectivity index (χ0n) is 14.1. The Balaban J connectivity index is 2.07. The molecule has 0 spiro atoms. The highest BCUT2D eigenvalue weighted by atomic mass is 19.4. The summed E-state index contributed by atoms with van der Waals surface area (Å²) in [6, 6.07) is 2.26. The molecule has 0 heterocycles. The molecule has 5 heteroatoms. The lowest BCUT2D eigenvalue weighted by Gasteiger charge is -2.28. The lowest BCUT2D eigenvalue weighted by Crippen LogP contribution is -2.13. The zero-order chi connectivity index (χ0) is 18.4. The van der Waals surface area contributed by atoms with E-state index in [0.29, 0.717) is 11.5 Å². The summed E-state index contributed by atoms with van der Waals surface area (Å²) in [5, 5.41) is 0. The number of hydrogen-bond donors (Lipinski definition) is 0. The fourth-order valence-corrected chi connectivity index (χ4v) is 3.27. The molecule has 1 aromatic carbocycles. The Morgan fingerprint density at radius 2 is 1.64 bits per heavy atom. The van der Waals surface area contributed by atoms with E-state index >= 15 is 0 Å².